The Balaban J connectivity index is 1.65. The number of rotatable bonds is 4. The summed E-state index contributed by atoms with van der Waals surface area (Å²) in [5, 5.41) is 6.07. The van der Waals surface area contributed by atoms with Crippen LogP contribution in [0.2, 0.25) is 0 Å². The molecule has 1 aliphatic heterocycles. The van der Waals surface area contributed by atoms with Gasteiger partial charge in [0.2, 0.25) is 0 Å². The number of amides is 1. The Morgan fingerprint density at radius 1 is 1.38 bits per heavy atom. The lowest BCUT2D eigenvalue weighted by molar-refractivity contribution is -0.115. The number of hydrogen-bond donors (Lipinski definition) is 1. The second kappa shape index (κ2) is 6.06. The van der Waals surface area contributed by atoms with Crippen molar-refractivity contribution in [3.8, 4) is 5.75 Å². The van der Waals surface area contributed by atoms with E-state index in [4.69, 9.17) is 21.5 Å². The minimum absolute atomic E-state index is 0.165. The van der Waals surface area contributed by atoms with Gasteiger partial charge in [0.25, 0.3) is 11.8 Å². The van der Waals surface area contributed by atoms with Gasteiger partial charge in [-0.1, -0.05) is 41.3 Å². The summed E-state index contributed by atoms with van der Waals surface area (Å²) in [5.41, 5.74) is 0.891. The molecule has 106 valence electrons. The number of hydrogen-bond acceptors (Lipinski definition) is 7. The van der Waals surface area contributed by atoms with Crippen LogP contribution in [0, 0.1) is 0 Å². The molecule has 0 aliphatic carbocycles. The van der Waals surface area contributed by atoms with E-state index in [1.54, 1.807) is 18.2 Å². The molecule has 3 rings (SSSR count). The normalized spacial score (nSPS) is 16.3. The number of thiocarbonyl (C=S) groups is 1. The molecule has 21 heavy (non-hydrogen) atoms. The van der Waals surface area contributed by atoms with Crippen LogP contribution in [0.4, 0.5) is 0 Å². The Labute approximate surface area is 129 Å². The lowest BCUT2D eigenvalue weighted by Crippen LogP contribution is -2.17. The van der Waals surface area contributed by atoms with Crippen LogP contribution in [0.3, 0.4) is 0 Å². The molecular weight excluding hydrogens is 310 g/mol. The van der Waals surface area contributed by atoms with Gasteiger partial charge in [0.1, 0.15) is 10.1 Å². The molecule has 1 amide bonds. The van der Waals surface area contributed by atoms with E-state index in [9.17, 15) is 4.79 Å². The fraction of sp³-hybridized carbons (Fsp3) is 0.0769. The monoisotopic (exact) mass is 319 g/mol. The molecule has 6 nitrogen and oxygen atoms in total. The molecular formula is C13H9N3O3S2. The standard InChI is InChI=1S/C13H9N3O3S2/c17-12-10(21-13(20)16-12)5-8-1-3-9(4-2-8)18-6-11-14-7-15-19-11/h1-5,7H,6H2,(H,16,17,20)/b10-5-. The van der Waals surface area contributed by atoms with Gasteiger partial charge in [0.05, 0.1) is 4.91 Å². The molecule has 1 N–H and O–H groups in total. The fourth-order valence-corrected chi connectivity index (χ4v) is 2.68. The third-order valence-corrected chi connectivity index (χ3v) is 3.75. The van der Waals surface area contributed by atoms with Crippen molar-refractivity contribution in [3.63, 3.8) is 0 Å². The quantitative estimate of drug-likeness (QED) is 0.683. The van der Waals surface area contributed by atoms with E-state index >= 15 is 0 Å². The molecule has 2 aromatic rings. The van der Waals surface area contributed by atoms with Crippen LogP contribution in [0.1, 0.15) is 11.5 Å². The summed E-state index contributed by atoms with van der Waals surface area (Å²) < 4.78 is 10.8. The molecule has 1 aromatic heterocycles. The van der Waals surface area contributed by atoms with Crippen molar-refractivity contribution in [1.82, 2.24) is 15.5 Å². The van der Waals surface area contributed by atoms with E-state index in [2.05, 4.69) is 15.5 Å². The van der Waals surface area contributed by atoms with E-state index in [0.717, 1.165) is 5.56 Å². The molecule has 0 atom stereocenters. The number of carbonyl (C=O) groups excluding carboxylic acids is 1. The number of ether oxygens (including phenoxy) is 1. The van der Waals surface area contributed by atoms with Crippen molar-refractivity contribution < 1.29 is 14.1 Å². The fourth-order valence-electron chi connectivity index (χ4n) is 1.64. The average molecular weight is 319 g/mol. The topological polar surface area (TPSA) is 77.2 Å². The van der Waals surface area contributed by atoms with Gasteiger partial charge < -0.3 is 14.6 Å². The summed E-state index contributed by atoms with van der Waals surface area (Å²) in [6, 6.07) is 7.31. The second-order valence-electron chi connectivity index (χ2n) is 4.04. The molecule has 8 heteroatoms. The Kier molecular flexibility index (Phi) is 3.98. The van der Waals surface area contributed by atoms with Crippen LogP contribution in [-0.4, -0.2) is 20.4 Å². The molecule has 0 bridgehead atoms. The summed E-state index contributed by atoms with van der Waals surface area (Å²) in [5.74, 6) is 0.921. The van der Waals surface area contributed by atoms with Crippen LogP contribution < -0.4 is 10.1 Å². The van der Waals surface area contributed by atoms with Gasteiger partial charge in [-0.15, -0.1) is 0 Å². The Morgan fingerprint density at radius 3 is 2.81 bits per heavy atom. The second-order valence-corrected chi connectivity index (χ2v) is 5.76. The van der Waals surface area contributed by atoms with E-state index in [-0.39, 0.29) is 12.5 Å². The van der Waals surface area contributed by atoms with Crippen molar-refractivity contribution in [2.45, 2.75) is 6.61 Å². The van der Waals surface area contributed by atoms with Crippen molar-refractivity contribution >= 4 is 40.3 Å². The highest BCUT2D eigenvalue weighted by Gasteiger charge is 2.21. The van der Waals surface area contributed by atoms with Gasteiger partial charge in [-0.3, -0.25) is 4.79 Å². The molecule has 1 aromatic carbocycles. The third-order valence-electron chi connectivity index (χ3n) is 2.59. The Hall–Kier alpha value is -2.19. The molecule has 1 saturated heterocycles. The van der Waals surface area contributed by atoms with Crippen molar-refractivity contribution in [2.75, 3.05) is 0 Å². The summed E-state index contributed by atoms with van der Waals surface area (Å²) in [6.07, 6.45) is 3.10. The lowest BCUT2D eigenvalue weighted by atomic mass is 10.2. The van der Waals surface area contributed by atoms with Gasteiger partial charge in [-0.25, -0.2) is 0 Å². The SMILES string of the molecule is O=C1NC(=S)S/C1=C\c1ccc(OCc2ncno2)cc1. The third kappa shape index (κ3) is 3.47. The first-order chi connectivity index (χ1) is 10.2. The van der Waals surface area contributed by atoms with E-state index in [0.29, 0.717) is 20.9 Å². The van der Waals surface area contributed by atoms with Crippen LogP contribution >= 0.6 is 24.0 Å². The summed E-state index contributed by atoms with van der Waals surface area (Å²) >= 11 is 6.19. The van der Waals surface area contributed by atoms with Gasteiger partial charge >= 0.3 is 0 Å². The smallest absolute Gasteiger partial charge is 0.264 e. The first-order valence-electron chi connectivity index (χ1n) is 5.94. The highest BCUT2D eigenvalue weighted by Crippen LogP contribution is 2.26. The Bertz CT molecular complexity index is 696. The highest BCUT2D eigenvalue weighted by molar-refractivity contribution is 8.26. The Morgan fingerprint density at radius 2 is 2.19 bits per heavy atom. The molecule has 2 heterocycles. The zero-order valence-electron chi connectivity index (χ0n) is 10.6. The highest BCUT2D eigenvalue weighted by atomic mass is 32.2. The predicted molar refractivity (Wildman–Crippen MR) is 81.4 cm³/mol. The van der Waals surface area contributed by atoms with E-state index in [1.807, 2.05) is 12.1 Å². The lowest BCUT2D eigenvalue weighted by Gasteiger charge is -2.03. The first-order valence-corrected chi connectivity index (χ1v) is 7.16. The number of carbonyl (C=O) groups is 1. The molecule has 0 saturated carbocycles. The van der Waals surface area contributed by atoms with Gasteiger partial charge in [-0.05, 0) is 23.8 Å². The predicted octanol–water partition coefficient (Wildman–Crippen LogP) is 2.14. The van der Waals surface area contributed by atoms with Crippen molar-refractivity contribution in [2.24, 2.45) is 0 Å². The van der Waals surface area contributed by atoms with Crippen molar-refractivity contribution in [1.29, 1.82) is 0 Å². The maximum absolute atomic E-state index is 11.6. The summed E-state index contributed by atoms with van der Waals surface area (Å²) in [4.78, 5) is 16.0. The van der Waals surface area contributed by atoms with Crippen molar-refractivity contribution in [3.05, 3.63) is 47.0 Å². The number of nitrogens with one attached hydrogen (secondary N) is 1. The minimum atomic E-state index is -0.165. The number of benzene rings is 1. The molecule has 1 fully saturated rings. The maximum Gasteiger partial charge on any atom is 0.264 e. The molecule has 0 unspecified atom stereocenters. The molecule has 0 spiro atoms. The van der Waals surface area contributed by atoms with Crippen LogP contribution in [0.25, 0.3) is 6.08 Å². The number of aromatic nitrogens is 2. The van der Waals surface area contributed by atoms with Crippen LogP contribution in [-0.2, 0) is 11.4 Å². The van der Waals surface area contributed by atoms with E-state index < -0.39 is 0 Å². The average Bonchev–Trinajstić information content (AvgIpc) is 3.08. The largest absolute Gasteiger partial charge is 0.484 e. The summed E-state index contributed by atoms with van der Waals surface area (Å²) in [7, 11) is 0. The zero-order chi connectivity index (χ0) is 14.7. The van der Waals surface area contributed by atoms with Crippen LogP contribution in [0.5, 0.6) is 5.75 Å². The first kappa shape index (κ1) is 13.8. The number of thioether (sulfide) groups is 1. The van der Waals surface area contributed by atoms with Gasteiger partial charge in [0, 0.05) is 0 Å². The van der Waals surface area contributed by atoms with E-state index in [1.165, 1.54) is 18.1 Å². The van der Waals surface area contributed by atoms with Crippen LogP contribution in [0.15, 0.2) is 40.0 Å². The van der Waals surface area contributed by atoms with Gasteiger partial charge in [-0.2, -0.15) is 4.98 Å². The zero-order valence-corrected chi connectivity index (χ0v) is 12.2. The molecule has 1 aliphatic rings. The van der Waals surface area contributed by atoms with Gasteiger partial charge in [0.15, 0.2) is 12.9 Å². The number of nitrogens with zero attached hydrogens (tertiary/aromatic N) is 2. The maximum atomic E-state index is 11.6. The summed E-state index contributed by atoms with van der Waals surface area (Å²) in [6.45, 7) is 0.215. The minimum Gasteiger partial charge on any atom is -0.484 e. The molecule has 0 radical (unpaired) electrons.